The molecule has 6 nitrogen and oxygen atoms in total. The minimum Gasteiger partial charge on any atom is -0.457 e. The second-order valence-corrected chi connectivity index (χ2v) is 6.65. The van der Waals surface area contributed by atoms with Crippen LogP contribution in [0.2, 0.25) is 10.0 Å². The Bertz CT molecular complexity index is 754. The Hall–Kier alpha value is -1.99. The topological polar surface area (TPSA) is 84.6 Å². The zero-order valence-corrected chi connectivity index (χ0v) is 15.2. The molecule has 0 aromatic heterocycles. The number of quaternary nitrogens is 1. The molecule has 8 heteroatoms. The van der Waals surface area contributed by atoms with E-state index in [1.807, 2.05) is 24.3 Å². The zero-order chi connectivity index (χ0) is 18.4. The van der Waals surface area contributed by atoms with Gasteiger partial charge in [-0.1, -0.05) is 35.3 Å². The van der Waals surface area contributed by atoms with Gasteiger partial charge in [0.25, 0.3) is 0 Å². The van der Waals surface area contributed by atoms with Crippen LogP contribution >= 0.6 is 23.2 Å². The molecule has 2 aromatic rings. The van der Waals surface area contributed by atoms with Gasteiger partial charge in [-0.25, -0.2) is 10.0 Å². The van der Waals surface area contributed by atoms with E-state index in [4.69, 9.17) is 33.7 Å². The number of hydroxylamine groups is 3. The maximum absolute atomic E-state index is 10.7. The normalized spacial score (nSPS) is 13.1. The van der Waals surface area contributed by atoms with Crippen molar-refractivity contribution in [2.75, 3.05) is 20.1 Å². The molecule has 0 aliphatic carbocycles. The largest absolute Gasteiger partial charge is 0.457 e. The fourth-order valence-electron chi connectivity index (χ4n) is 2.28. The molecule has 0 fully saturated rings. The number of benzene rings is 2. The summed E-state index contributed by atoms with van der Waals surface area (Å²) >= 11 is 11.9. The van der Waals surface area contributed by atoms with Gasteiger partial charge in [-0.2, -0.15) is 4.65 Å². The number of carbonyl (C=O) groups excluding carboxylic acids is 1. The first-order chi connectivity index (χ1) is 11.7. The summed E-state index contributed by atoms with van der Waals surface area (Å²) in [4.78, 5) is 10.7. The van der Waals surface area contributed by atoms with Gasteiger partial charge in [0.1, 0.15) is 24.6 Å². The Morgan fingerprint density at radius 1 is 1.20 bits per heavy atom. The summed E-state index contributed by atoms with van der Waals surface area (Å²) in [7, 11) is 1.65. The summed E-state index contributed by atoms with van der Waals surface area (Å²) in [6.07, 6.45) is 0. The van der Waals surface area contributed by atoms with Gasteiger partial charge in [-0.05, 0) is 24.3 Å². The van der Waals surface area contributed by atoms with Crippen LogP contribution in [-0.4, -0.2) is 36.0 Å². The highest BCUT2D eigenvalue weighted by Gasteiger charge is 2.20. The molecule has 2 aromatic carbocycles. The van der Waals surface area contributed by atoms with Gasteiger partial charge in [0.2, 0.25) is 0 Å². The fourth-order valence-corrected chi connectivity index (χ4v) is 2.56. The Balaban J connectivity index is 2.02. The van der Waals surface area contributed by atoms with Crippen molar-refractivity contribution in [3.8, 4) is 11.5 Å². The van der Waals surface area contributed by atoms with Gasteiger partial charge in [-0.3, -0.25) is 0 Å². The molecule has 0 aliphatic heterocycles. The molecule has 1 atom stereocenters. The fraction of sp³-hybridized carbons (Fsp3) is 0.235. The highest BCUT2D eigenvalue weighted by atomic mass is 35.5. The van der Waals surface area contributed by atoms with E-state index in [9.17, 15) is 10.0 Å². The molecular weight excluding hydrogens is 365 g/mol. The van der Waals surface area contributed by atoms with Gasteiger partial charge < -0.3 is 15.8 Å². The van der Waals surface area contributed by atoms with Crippen molar-refractivity contribution in [2.45, 2.75) is 6.54 Å². The summed E-state index contributed by atoms with van der Waals surface area (Å²) in [5.74, 6) is 1.18. The van der Waals surface area contributed by atoms with E-state index in [-0.39, 0.29) is 11.2 Å². The van der Waals surface area contributed by atoms with Crippen LogP contribution in [0.15, 0.2) is 42.5 Å². The number of nitrogens with two attached hydrogens (primary N) is 1. The number of hydrogen-bond donors (Lipinski definition) is 3. The molecule has 25 heavy (non-hydrogen) atoms. The summed E-state index contributed by atoms with van der Waals surface area (Å²) < 4.78 is 5.48. The van der Waals surface area contributed by atoms with Crippen molar-refractivity contribution in [3.63, 3.8) is 0 Å². The molecule has 2 rings (SSSR count). The van der Waals surface area contributed by atoms with Gasteiger partial charge in [0.15, 0.2) is 0 Å². The van der Waals surface area contributed by atoms with Crippen LogP contribution in [0.5, 0.6) is 11.5 Å². The highest BCUT2D eigenvalue weighted by molar-refractivity contribution is 6.42. The van der Waals surface area contributed by atoms with E-state index in [0.29, 0.717) is 34.6 Å². The number of urea groups is 1. The predicted octanol–water partition coefficient (Wildman–Crippen LogP) is 3.79. The van der Waals surface area contributed by atoms with Crippen molar-refractivity contribution in [1.29, 1.82) is 0 Å². The van der Waals surface area contributed by atoms with Crippen molar-refractivity contribution in [3.05, 3.63) is 58.1 Å². The molecule has 0 radical (unpaired) electrons. The lowest BCUT2D eigenvalue weighted by Crippen LogP contribution is -2.46. The molecule has 0 bridgehead atoms. The van der Waals surface area contributed by atoms with Gasteiger partial charge in [0.05, 0.1) is 23.6 Å². The minimum atomic E-state index is -0.614. The van der Waals surface area contributed by atoms with E-state index in [1.165, 1.54) is 0 Å². The number of hydrogen-bond acceptors (Lipinski definition) is 3. The summed E-state index contributed by atoms with van der Waals surface area (Å²) in [5, 5.41) is 13.7. The number of halogens is 2. The van der Waals surface area contributed by atoms with Crippen LogP contribution < -0.4 is 15.8 Å². The van der Waals surface area contributed by atoms with Crippen LogP contribution in [0.25, 0.3) is 0 Å². The lowest BCUT2D eigenvalue weighted by molar-refractivity contribution is -1.10. The molecule has 0 spiro atoms. The third-order valence-corrected chi connectivity index (χ3v) is 4.18. The standard InChI is InChI=1S/C17H19Cl2N3O3/c1-22(24,8-7-21-17(20)23)11-12-3-2-4-13(9-12)25-14-5-6-15(18)16(19)10-14/h2-6,9-10,24H,7-8,11H2,1H3,(H2-,20,21,23)/p+1. The molecular formula is C17H20Cl2N3O3+. The molecule has 0 saturated heterocycles. The van der Waals surface area contributed by atoms with Crippen LogP contribution in [0.4, 0.5) is 4.79 Å². The van der Waals surface area contributed by atoms with Crippen molar-refractivity contribution in [2.24, 2.45) is 5.73 Å². The molecule has 2 amide bonds. The third kappa shape index (κ3) is 6.43. The minimum absolute atomic E-state index is 0.280. The van der Waals surface area contributed by atoms with Crippen molar-refractivity contribution in [1.82, 2.24) is 5.32 Å². The summed E-state index contributed by atoms with van der Waals surface area (Å²) in [6, 6.07) is 11.8. The van der Waals surface area contributed by atoms with E-state index in [2.05, 4.69) is 5.32 Å². The number of primary amides is 1. The van der Waals surface area contributed by atoms with Gasteiger partial charge >= 0.3 is 6.03 Å². The average Bonchev–Trinajstić information content (AvgIpc) is 2.50. The number of likely N-dealkylation sites (N-methyl/N-ethyl adjacent to an activating group) is 1. The third-order valence-electron chi connectivity index (χ3n) is 3.44. The number of amides is 2. The van der Waals surface area contributed by atoms with Crippen molar-refractivity contribution < 1.29 is 19.4 Å². The second kappa shape index (κ2) is 8.40. The molecule has 134 valence electrons. The Morgan fingerprint density at radius 3 is 2.60 bits per heavy atom. The van der Waals surface area contributed by atoms with Crippen LogP contribution in [-0.2, 0) is 6.54 Å². The van der Waals surface area contributed by atoms with Gasteiger partial charge in [-0.15, -0.1) is 0 Å². The van der Waals surface area contributed by atoms with E-state index in [1.54, 1.807) is 25.2 Å². The Kier molecular flexibility index (Phi) is 6.50. The quantitative estimate of drug-likeness (QED) is 0.501. The average molecular weight is 385 g/mol. The Labute approximate surface area is 156 Å². The lowest BCUT2D eigenvalue weighted by atomic mass is 10.2. The SMILES string of the molecule is C[N+](O)(CCNC(N)=O)Cc1cccc(Oc2ccc(Cl)c(Cl)c2)c1. The number of carbonyl (C=O) groups is 1. The number of nitrogens with zero attached hydrogens (tertiary/aromatic N) is 1. The monoisotopic (exact) mass is 384 g/mol. The van der Waals surface area contributed by atoms with E-state index in [0.717, 1.165) is 5.56 Å². The van der Waals surface area contributed by atoms with Gasteiger partial charge in [0, 0.05) is 11.6 Å². The maximum Gasteiger partial charge on any atom is 0.312 e. The van der Waals surface area contributed by atoms with Crippen molar-refractivity contribution >= 4 is 29.2 Å². The first-order valence-corrected chi connectivity index (χ1v) is 8.33. The summed E-state index contributed by atoms with van der Waals surface area (Å²) in [6.45, 7) is 0.946. The first kappa shape index (κ1) is 19.3. The van der Waals surface area contributed by atoms with E-state index < -0.39 is 6.03 Å². The maximum atomic E-state index is 10.7. The first-order valence-electron chi connectivity index (χ1n) is 7.58. The van der Waals surface area contributed by atoms with Crippen LogP contribution in [0, 0.1) is 0 Å². The summed E-state index contributed by atoms with van der Waals surface area (Å²) in [5.41, 5.74) is 5.89. The number of nitrogens with one attached hydrogen (secondary N) is 1. The molecule has 0 saturated carbocycles. The molecule has 4 N–H and O–H groups in total. The van der Waals surface area contributed by atoms with E-state index >= 15 is 0 Å². The van der Waals surface area contributed by atoms with Crippen LogP contribution in [0.1, 0.15) is 5.56 Å². The molecule has 0 heterocycles. The highest BCUT2D eigenvalue weighted by Crippen LogP contribution is 2.29. The smallest absolute Gasteiger partial charge is 0.312 e. The number of ether oxygens (including phenoxy) is 1. The molecule has 0 aliphatic rings. The molecule has 1 unspecified atom stereocenters. The Morgan fingerprint density at radius 2 is 1.92 bits per heavy atom. The lowest BCUT2D eigenvalue weighted by Gasteiger charge is -2.25. The second-order valence-electron chi connectivity index (χ2n) is 5.84. The number of rotatable bonds is 7. The zero-order valence-electron chi connectivity index (χ0n) is 13.7. The predicted molar refractivity (Wildman–Crippen MR) is 97.1 cm³/mol. The van der Waals surface area contributed by atoms with Crippen LogP contribution in [0.3, 0.4) is 0 Å².